The summed E-state index contributed by atoms with van der Waals surface area (Å²) in [7, 11) is 1.94. The van der Waals surface area contributed by atoms with Gasteiger partial charge in [-0.25, -0.2) is 0 Å². The SMILES string of the molecule is CC(N)C1(c2cccc3c(Cl)nn(C)c23)CC1. The fraction of sp³-hybridized carbons (Fsp3) is 0.462. The molecule has 0 aliphatic heterocycles. The Labute approximate surface area is 106 Å². The summed E-state index contributed by atoms with van der Waals surface area (Å²) in [4.78, 5) is 0. The Hall–Kier alpha value is -1.06. The number of para-hydroxylation sites is 1. The number of halogens is 1. The van der Waals surface area contributed by atoms with Crippen molar-refractivity contribution >= 4 is 22.5 Å². The van der Waals surface area contributed by atoms with E-state index >= 15 is 0 Å². The van der Waals surface area contributed by atoms with Crippen molar-refractivity contribution in [1.82, 2.24) is 9.78 Å². The summed E-state index contributed by atoms with van der Waals surface area (Å²) in [5.74, 6) is 0. The van der Waals surface area contributed by atoms with Crippen LogP contribution in [0.5, 0.6) is 0 Å². The number of hydrogen-bond acceptors (Lipinski definition) is 2. The van der Waals surface area contributed by atoms with Crippen LogP contribution in [0.4, 0.5) is 0 Å². The van der Waals surface area contributed by atoms with Crippen LogP contribution in [0, 0.1) is 0 Å². The Bertz CT molecular complexity index is 582. The Balaban J connectivity index is 2.31. The van der Waals surface area contributed by atoms with Crippen molar-refractivity contribution in [2.45, 2.75) is 31.2 Å². The lowest BCUT2D eigenvalue weighted by atomic mass is 9.88. The minimum Gasteiger partial charge on any atom is -0.327 e. The molecule has 1 aromatic carbocycles. The summed E-state index contributed by atoms with van der Waals surface area (Å²) in [5, 5.41) is 5.89. The molecule has 4 heteroatoms. The van der Waals surface area contributed by atoms with E-state index in [2.05, 4.69) is 18.1 Å². The van der Waals surface area contributed by atoms with Gasteiger partial charge in [-0.05, 0) is 31.4 Å². The van der Waals surface area contributed by atoms with Crippen molar-refractivity contribution in [2.24, 2.45) is 12.8 Å². The Morgan fingerprint density at radius 3 is 2.76 bits per heavy atom. The molecule has 1 aromatic heterocycles. The van der Waals surface area contributed by atoms with E-state index in [0.29, 0.717) is 5.15 Å². The molecule has 0 saturated heterocycles. The molecule has 1 aliphatic rings. The summed E-state index contributed by atoms with van der Waals surface area (Å²) in [6.07, 6.45) is 2.32. The summed E-state index contributed by atoms with van der Waals surface area (Å²) >= 11 is 6.14. The molecule has 1 fully saturated rings. The van der Waals surface area contributed by atoms with Gasteiger partial charge in [0.25, 0.3) is 0 Å². The second-order valence-corrected chi connectivity index (χ2v) is 5.42. The van der Waals surface area contributed by atoms with Crippen molar-refractivity contribution in [3.63, 3.8) is 0 Å². The van der Waals surface area contributed by atoms with Crippen LogP contribution in [-0.2, 0) is 12.5 Å². The zero-order valence-corrected chi connectivity index (χ0v) is 10.8. The van der Waals surface area contributed by atoms with E-state index in [1.54, 1.807) is 0 Å². The standard InChI is InChI=1S/C13H16ClN3/c1-8(15)13(6-7-13)10-5-3-4-9-11(10)17(2)16-12(9)14/h3-5,8H,6-7,15H2,1-2H3. The lowest BCUT2D eigenvalue weighted by Crippen LogP contribution is -2.31. The van der Waals surface area contributed by atoms with Crippen molar-refractivity contribution in [2.75, 3.05) is 0 Å². The highest BCUT2D eigenvalue weighted by Crippen LogP contribution is 2.52. The lowest BCUT2D eigenvalue weighted by molar-refractivity contribution is 0.557. The van der Waals surface area contributed by atoms with E-state index < -0.39 is 0 Å². The van der Waals surface area contributed by atoms with Gasteiger partial charge in [-0.2, -0.15) is 5.10 Å². The zero-order valence-electron chi connectivity index (χ0n) is 10.1. The molecule has 2 aromatic rings. The van der Waals surface area contributed by atoms with Crippen molar-refractivity contribution < 1.29 is 0 Å². The third-order valence-corrected chi connectivity index (χ3v) is 4.30. The second-order valence-electron chi connectivity index (χ2n) is 5.06. The van der Waals surface area contributed by atoms with Crippen LogP contribution >= 0.6 is 11.6 Å². The highest BCUT2D eigenvalue weighted by molar-refractivity contribution is 6.34. The maximum absolute atomic E-state index is 6.15. The molecule has 2 N–H and O–H groups in total. The quantitative estimate of drug-likeness (QED) is 0.889. The first kappa shape index (κ1) is 11.1. The summed E-state index contributed by atoms with van der Waals surface area (Å²) in [6, 6.07) is 6.40. The van der Waals surface area contributed by atoms with E-state index in [9.17, 15) is 0 Å². The van der Waals surface area contributed by atoms with Gasteiger partial charge in [-0.15, -0.1) is 0 Å². The van der Waals surface area contributed by atoms with Gasteiger partial charge in [0.15, 0.2) is 5.15 Å². The average molecular weight is 250 g/mol. The van der Waals surface area contributed by atoms with Crippen LogP contribution in [0.3, 0.4) is 0 Å². The number of rotatable bonds is 2. The molecule has 1 heterocycles. The molecule has 1 atom stereocenters. The average Bonchev–Trinajstić information content (AvgIpc) is 3.04. The molecule has 0 amide bonds. The van der Waals surface area contributed by atoms with Crippen LogP contribution in [0.25, 0.3) is 10.9 Å². The summed E-state index contributed by atoms with van der Waals surface area (Å²) in [5.41, 5.74) is 8.72. The number of benzene rings is 1. The molecule has 1 unspecified atom stereocenters. The number of hydrogen-bond donors (Lipinski definition) is 1. The molecule has 1 aliphatic carbocycles. The van der Waals surface area contributed by atoms with Gasteiger partial charge >= 0.3 is 0 Å². The smallest absolute Gasteiger partial charge is 0.158 e. The minimum absolute atomic E-state index is 0.136. The Morgan fingerprint density at radius 2 is 2.18 bits per heavy atom. The molecular weight excluding hydrogens is 234 g/mol. The highest BCUT2D eigenvalue weighted by atomic mass is 35.5. The number of aryl methyl sites for hydroxylation is 1. The van der Waals surface area contributed by atoms with E-state index in [0.717, 1.165) is 23.7 Å². The van der Waals surface area contributed by atoms with Crippen molar-refractivity contribution in [3.8, 4) is 0 Å². The minimum atomic E-state index is 0.136. The van der Waals surface area contributed by atoms with Crippen LogP contribution in [0.2, 0.25) is 5.15 Å². The highest BCUT2D eigenvalue weighted by Gasteiger charge is 2.48. The van der Waals surface area contributed by atoms with E-state index in [1.165, 1.54) is 5.56 Å². The fourth-order valence-electron chi connectivity index (χ4n) is 2.80. The molecular formula is C13H16ClN3. The predicted molar refractivity (Wildman–Crippen MR) is 70.3 cm³/mol. The van der Waals surface area contributed by atoms with Crippen molar-refractivity contribution in [1.29, 1.82) is 0 Å². The summed E-state index contributed by atoms with van der Waals surface area (Å²) in [6.45, 7) is 2.09. The fourth-order valence-corrected chi connectivity index (χ4v) is 3.07. The van der Waals surface area contributed by atoms with Crippen LogP contribution in [0.1, 0.15) is 25.3 Å². The number of nitrogens with two attached hydrogens (primary N) is 1. The van der Waals surface area contributed by atoms with E-state index in [-0.39, 0.29) is 11.5 Å². The van der Waals surface area contributed by atoms with E-state index in [4.69, 9.17) is 17.3 Å². The first-order valence-corrected chi connectivity index (χ1v) is 6.31. The van der Waals surface area contributed by atoms with Crippen LogP contribution in [0.15, 0.2) is 18.2 Å². The van der Waals surface area contributed by atoms with Gasteiger partial charge in [0.1, 0.15) is 0 Å². The van der Waals surface area contributed by atoms with Gasteiger partial charge in [-0.1, -0.05) is 23.7 Å². The third-order valence-electron chi connectivity index (χ3n) is 4.02. The number of nitrogens with zero attached hydrogens (tertiary/aromatic N) is 2. The molecule has 0 bridgehead atoms. The second kappa shape index (κ2) is 3.47. The van der Waals surface area contributed by atoms with Gasteiger partial charge < -0.3 is 5.73 Å². The maximum atomic E-state index is 6.15. The molecule has 3 rings (SSSR count). The van der Waals surface area contributed by atoms with Crippen molar-refractivity contribution in [3.05, 3.63) is 28.9 Å². The normalized spacial score (nSPS) is 19.5. The molecule has 90 valence electrons. The Kier molecular flexibility index (Phi) is 2.25. The molecule has 0 radical (unpaired) electrons. The van der Waals surface area contributed by atoms with E-state index in [1.807, 2.05) is 23.9 Å². The monoisotopic (exact) mass is 249 g/mol. The van der Waals surface area contributed by atoms with Gasteiger partial charge in [0.05, 0.1) is 5.52 Å². The predicted octanol–water partition coefficient (Wildman–Crippen LogP) is 2.61. The first-order valence-electron chi connectivity index (χ1n) is 5.93. The van der Waals surface area contributed by atoms with Gasteiger partial charge in [-0.3, -0.25) is 4.68 Å². The number of fused-ring (bicyclic) bond motifs is 1. The summed E-state index contributed by atoms with van der Waals surface area (Å²) < 4.78 is 1.87. The zero-order chi connectivity index (χ0) is 12.2. The van der Waals surface area contributed by atoms with Crippen LogP contribution in [-0.4, -0.2) is 15.8 Å². The van der Waals surface area contributed by atoms with Crippen LogP contribution < -0.4 is 5.73 Å². The van der Waals surface area contributed by atoms with Gasteiger partial charge in [0.2, 0.25) is 0 Å². The molecule has 3 nitrogen and oxygen atoms in total. The topological polar surface area (TPSA) is 43.8 Å². The number of aromatic nitrogens is 2. The largest absolute Gasteiger partial charge is 0.327 e. The lowest BCUT2D eigenvalue weighted by Gasteiger charge is -2.21. The molecule has 1 saturated carbocycles. The molecule has 0 spiro atoms. The molecule has 17 heavy (non-hydrogen) atoms. The maximum Gasteiger partial charge on any atom is 0.158 e. The first-order chi connectivity index (χ1) is 8.06. The van der Waals surface area contributed by atoms with Gasteiger partial charge in [0, 0.05) is 23.9 Å². The Morgan fingerprint density at radius 1 is 1.47 bits per heavy atom. The third kappa shape index (κ3) is 1.42.